The molecule has 0 aromatic heterocycles. The lowest BCUT2D eigenvalue weighted by Crippen LogP contribution is -2.53. The van der Waals surface area contributed by atoms with Gasteiger partial charge in [-0.2, -0.15) is 0 Å². The summed E-state index contributed by atoms with van der Waals surface area (Å²) in [5.41, 5.74) is 0. The van der Waals surface area contributed by atoms with Gasteiger partial charge in [0.2, 0.25) is 5.91 Å². The van der Waals surface area contributed by atoms with Gasteiger partial charge in [-0.25, -0.2) is 0 Å². The van der Waals surface area contributed by atoms with Gasteiger partial charge in [-0.15, -0.1) is 0 Å². The van der Waals surface area contributed by atoms with Crippen LogP contribution in [0.4, 0.5) is 0 Å². The maximum absolute atomic E-state index is 12.7. The van der Waals surface area contributed by atoms with Gasteiger partial charge in [0.25, 0.3) is 0 Å². The Balaban J connectivity index is 3.57. The number of carbonyl (C=O) groups excluding carboxylic acids is 1. The first-order valence-corrected chi connectivity index (χ1v) is 36.9. The van der Waals surface area contributed by atoms with Crippen LogP contribution < -0.4 is 5.32 Å². The maximum atomic E-state index is 12.7. The molecule has 0 aromatic rings. The number of carbonyl (C=O) groups is 1. The summed E-state index contributed by atoms with van der Waals surface area (Å²) in [6.07, 6.45) is 90.1. The Hall–Kier alpha value is -1.47. The fraction of sp³-hybridized carbons (Fsp3) is 0.907. The summed E-state index contributed by atoms with van der Waals surface area (Å²) in [5.74, 6) is -0.591. The topological polar surface area (TPSA) is 110 Å². The van der Waals surface area contributed by atoms with Crippen molar-refractivity contribution in [1.29, 1.82) is 0 Å². The van der Waals surface area contributed by atoms with Crippen LogP contribution in [0.1, 0.15) is 406 Å². The number of aliphatic hydroxyl groups excluding tert-OH is 4. The highest BCUT2D eigenvalue weighted by Crippen LogP contribution is 2.19. The summed E-state index contributed by atoms with van der Waals surface area (Å²) in [5, 5.41) is 44.2. The second-order valence-corrected chi connectivity index (χ2v) is 25.6. The molecule has 0 fully saturated rings. The van der Waals surface area contributed by atoms with E-state index in [0.717, 1.165) is 38.5 Å². The molecule has 0 spiro atoms. The zero-order valence-corrected chi connectivity index (χ0v) is 54.8. The first-order chi connectivity index (χ1) is 40.0. The third kappa shape index (κ3) is 62.9. The monoisotopic (exact) mass is 1140 g/mol. The molecular formula is C75H145NO5. The smallest absolute Gasteiger partial charge is 0.249 e. The van der Waals surface area contributed by atoms with Gasteiger partial charge in [0, 0.05) is 0 Å². The molecule has 4 unspecified atom stereocenters. The Morgan fingerprint density at radius 3 is 0.778 bits per heavy atom. The fourth-order valence-corrected chi connectivity index (χ4v) is 11.8. The summed E-state index contributed by atoms with van der Waals surface area (Å²) in [4.78, 5) is 12.7. The molecule has 0 aromatic carbocycles. The van der Waals surface area contributed by atoms with Gasteiger partial charge < -0.3 is 25.7 Å². The van der Waals surface area contributed by atoms with Gasteiger partial charge in [0.1, 0.15) is 12.2 Å². The van der Waals surface area contributed by atoms with Gasteiger partial charge in [-0.05, 0) is 77.0 Å². The number of aliphatic hydroxyl groups is 4. The van der Waals surface area contributed by atoms with E-state index in [1.165, 1.54) is 334 Å². The number of allylic oxidation sites excluding steroid dienone is 6. The molecule has 0 saturated carbocycles. The highest BCUT2D eigenvalue weighted by Gasteiger charge is 2.28. The minimum Gasteiger partial charge on any atom is -0.394 e. The van der Waals surface area contributed by atoms with E-state index >= 15 is 0 Å². The number of unbranched alkanes of at least 4 members (excludes halogenated alkanes) is 54. The first kappa shape index (κ1) is 79.5. The number of hydrogen-bond acceptors (Lipinski definition) is 5. The highest BCUT2D eigenvalue weighted by atomic mass is 16.3. The summed E-state index contributed by atoms with van der Waals surface area (Å²) in [7, 11) is 0. The number of amides is 1. The van der Waals surface area contributed by atoms with E-state index < -0.39 is 36.9 Å². The van der Waals surface area contributed by atoms with E-state index in [1.807, 2.05) is 0 Å². The summed E-state index contributed by atoms with van der Waals surface area (Å²) >= 11 is 0. The van der Waals surface area contributed by atoms with Crippen molar-refractivity contribution in [2.45, 2.75) is 430 Å². The molecule has 81 heavy (non-hydrogen) atoms. The molecule has 0 rings (SSSR count). The van der Waals surface area contributed by atoms with Crippen LogP contribution in [0.5, 0.6) is 0 Å². The van der Waals surface area contributed by atoms with E-state index in [-0.39, 0.29) is 0 Å². The highest BCUT2D eigenvalue weighted by molar-refractivity contribution is 5.80. The van der Waals surface area contributed by atoms with Crippen LogP contribution in [0, 0.1) is 0 Å². The SMILES string of the molecule is CCCCCCCCCCCCCCCC/C=C\CCCCCCCCCCCCCCCCCCC(O)C(=O)NC(CO)C(O)C(O)CCC/C=C/CC/C=C/CCCCCCCCCCCCCCCCCCCCCCCC. The van der Waals surface area contributed by atoms with E-state index in [2.05, 4.69) is 55.6 Å². The lowest BCUT2D eigenvalue weighted by Gasteiger charge is -2.27. The molecule has 0 bridgehead atoms. The Labute approximate surface area is 507 Å². The first-order valence-electron chi connectivity index (χ1n) is 36.9. The molecule has 0 heterocycles. The third-order valence-corrected chi connectivity index (χ3v) is 17.6. The average molecular weight is 1140 g/mol. The van der Waals surface area contributed by atoms with Crippen molar-refractivity contribution >= 4 is 5.91 Å². The number of hydrogen-bond donors (Lipinski definition) is 5. The lowest BCUT2D eigenvalue weighted by atomic mass is 10.00. The van der Waals surface area contributed by atoms with Crippen molar-refractivity contribution in [2.24, 2.45) is 0 Å². The van der Waals surface area contributed by atoms with Crippen LogP contribution in [-0.2, 0) is 4.79 Å². The second kappa shape index (κ2) is 69.3. The van der Waals surface area contributed by atoms with Crippen LogP contribution in [-0.4, -0.2) is 57.3 Å². The Morgan fingerprint density at radius 2 is 0.519 bits per heavy atom. The summed E-state index contributed by atoms with van der Waals surface area (Å²) in [6, 6.07) is -1.01. The largest absolute Gasteiger partial charge is 0.394 e. The van der Waals surface area contributed by atoms with Gasteiger partial charge in [0.05, 0.1) is 18.8 Å². The third-order valence-electron chi connectivity index (χ3n) is 17.6. The Kier molecular flexibility index (Phi) is 68.0. The minimum atomic E-state index is -1.29. The Bertz CT molecular complexity index is 1280. The van der Waals surface area contributed by atoms with Crippen molar-refractivity contribution < 1.29 is 25.2 Å². The molecule has 0 aliphatic carbocycles. The van der Waals surface area contributed by atoms with Gasteiger partial charge in [-0.1, -0.05) is 365 Å². The van der Waals surface area contributed by atoms with E-state index in [1.54, 1.807) is 0 Å². The van der Waals surface area contributed by atoms with Crippen molar-refractivity contribution in [2.75, 3.05) is 6.61 Å². The summed E-state index contributed by atoms with van der Waals surface area (Å²) in [6.45, 7) is 4.10. The zero-order valence-electron chi connectivity index (χ0n) is 54.8. The second-order valence-electron chi connectivity index (χ2n) is 25.6. The van der Waals surface area contributed by atoms with Gasteiger partial charge in [-0.3, -0.25) is 4.79 Å². The normalized spacial score (nSPS) is 13.6. The van der Waals surface area contributed by atoms with E-state index in [4.69, 9.17) is 0 Å². The van der Waals surface area contributed by atoms with Crippen LogP contribution in [0.15, 0.2) is 36.5 Å². The van der Waals surface area contributed by atoms with Gasteiger partial charge in [0.15, 0.2) is 0 Å². The molecule has 5 N–H and O–H groups in total. The maximum Gasteiger partial charge on any atom is 0.249 e. The van der Waals surface area contributed by atoms with Crippen LogP contribution in [0.25, 0.3) is 0 Å². The molecular weight excluding hydrogens is 995 g/mol. The lowest BCUT2D eigenvalue weighted by molar-refractivity contribution is -0.132. The predicted molar refractivity (Wildman–Crippen MR) is 357 cm³/mol. The van der Waals surface area contributed by atoms with Gasteiger partial charge >= 0.3 is 0 Å². The molecule has 6 heteroatoms. The van der Waals surface area contributed by atoms with Crippen molar-refractivity contribution in [3.8, 4) is 0 Å². The van der Waals surface area contributed by atoms with Crippen molar-refractivity contribution in [1.82, 2.24) is 5.32 Å². The molecule has 0 saturated heterocycles. The fourth-order valence-electron chi connectivity index (χ4n) is 11.8. The summed E-state index contributed by atoms with van der Waals surface area (Å²) < 4.78 is 0. The average Bonchev–Trinajstić information content (AvgIpc) is 3.47. The molecule has 0 aliphatic heterocycles. The molecule has 4 atom stereocenters. The standard InChI is InChI=1S/C75H145NO5/c1-3-5-7-9-11-13-15-17-19-21-23-25-27-29-31-33-35-36-37-39-41-43-45-47-49-51-53-55-57-59-61-63-65-67-69-73(79)75(81)76-71(70-77)74(80)72(78)68-66-64-62-60-58-56-54-52-50-48-46-44-42-40-38-34-32-30-28-26-24-22-20-18-16-14-12-10-8-6-4-2/h33,35,52,54,60,62,71-74,77-80H,3-32,34,36-51,53,55-59,61,63-70H2,1-2H3,(H,76,81)/b35-33-,54-52+,62-60+. The van der Waals surface area contributed by atoms with Crippen LogP contribution >= 0.6 is 0 Å². The molecule has 0 radical (unpaired) electrons. The molecule has 1 amide bonds. The van der Waals surface area contributed by atoms with E-state index in [9.17, 15) is 25.2 Å². The van der Waals surface area contributed by atoms with Crippen LogP contribution in [0.3, 0.4) is 0 Å². The quantitative estimate of drug-likeness (QED) is 0.0308. The Morgan fingerprint density at radius 1 is 0.296 bits per heavy atom. The van der Waals surface area contributed by atoms with Crippen LogP contribution in [0.2, 0.25) is 0 Å². The number of nitrogens with one attached hydrogen (secondary N) is 1. The predicted octanol–water partition coefficient (Wildman–Crippen LogP) is 23.1. The molecule has 6 nitrogen and oxygen atoms in total. The van der Waals surface area contributed by atoms with E-state index in [0.29, 0.717) is 19.3 Å². The molecule has 480 valence electrons. The molecule has 0 aliphatic rings. The zero-order chi connectivity index (χ0) is 58.7. The number of rotatable bonds is 69. The minimum absolute atomic E-state index is 0.362. The van der Waals surface area contributed by atoms with Crippen molar-refractivity contribution in [3.05, 3.63) is 36.5 Å². The van der Waals surface area contributed by atoms with Crippen molar-refractivity contribution in [3.63, 3.8) is 0 Å².